The number of aromatic amines is 1. The summed E-state index contributed by atoms with van der Waals surface area (Å²) in [5.41, 5.74) is 14.2. The van der Waals surface area contributed by atoms with Crippen molar-refractivity contribution in [2.24, 2.45) is 0 Å². The number of imidazole rings is 1. The first-order chi connectivity index (χ1) is 10.1. The molecular formula is C14H14N4O2S. The van der Waals surface area contributed by atoms with Gasteiger partial charge >= 0.3 is 5.97 Å². The molecule has 0 fully saturated rings. The molecule has 0 unspecified atom stereocenters. The van der Waals surface area contributed by atoms with Crippen LogP contribution in [0.3, 0.4) is 0 Å². The number of nitrogens with two attached hydrogens (primary N) is 2. The molecule has 0 radical (unpaired) electrons. The van der Waals surface area contributed by atoms with E-state index in [2.05, 4.69) is 9.97 Å². The first kappa shape index (κ1) is 13.4. The van der Waals surface area contributed by atoms with E-state index in [-0.39, 0.29) is 12.2 Å². The number of hydrogen-bond donors (Lipinski definition) is 3. The lowest BCUT2D eigenvalue weighted by Crippen LogP contribution is -2.08. The van der Waals surface area contributed by atoms with Crippen molar-refractivity contribution in [3.63, 3.8) is 0 Å². The third kappa shape index (κ3) is 2.21. The van der Waals surface area contributed by atoms with E-state index in [1.165, 1.54) is 11.3 Å². The van der Waals surface area contributed by atoms with Crippen LogP contribution in [0.5, 0.6) is 0 Å². The summed E-state index contributed by atoms with van der Waals surface area (Å²) in [5.74, 6) is 0.0899. The second-order valence-electron chi connectivity index (χ2n) is 4.41. The van der Waals surface area contributed by atoms with Gasteiger partial charge in [-0.2, -0.15) is 0 Å². The van der Waals surface area contributed by atoms with Crippen molar-refractivity contribution < 1.29 is 9.53 Å². The maximum absolute atomic E-state index is 11.9. The molecule has 3 rings (SSSR count). The van der Waals surface area contributed by atoms with Gasteiger partial charge in [0.05, 0.1) is 28.2 Å². The fraction of sp³-hybridized carbons (Fsp3) is 0.143. The molecule has 5 N–H and O–H groups in total. The average Bonchev–Trinajstić information content (AvgIpc) is 3.00. The highest BCUT2D eigenvalue weighted by molar-refractivity contribution is 7.20. The number of nitrogen functional groups attached to an aromatic ring is 2. The van der Waals surface area contributed by atoms with Gasteiger partial charge < -0.3 is 21.2 Å². The average molecular weight is 302 g/mol. The van der Waals surface area contributed by atoms with E-state index in [4.69, 9.17) is 16.2 Å². The molecule has 3 aromatic rings. The SMILES string of the molecule is CCOC(=O)c1c(N)sc(-c2nc3ccccc3[nH]2)c1N. The molecule has 0 aliphatic carbocycles. The number of ether oxygens (including phenoxy) is 1. The molecule has 108 valence electrons. The zero-order valence-corrected chi connectivity index (χ0v) is 12.2. The molecule has 21 heavy (non-hydrogen) atoms. The van der Waals surface area contributed by atoms with Crippen LogP contribution in [0, 0.1) is 0 Å². The molecule has 0 aliphatic heterocycles. The number of anilines is 2. The molecule has 0 aliphatic rings. The molecule has 7 heteroatoms. The van der Waals surface area contributed by atoms with E-state index in [1.54, 1.807) is 6.92 Å². The lowest BCUT2D eigenvalue weighted by atomic mass is 10.2. The van der Waals surface area contributed by atoms with E-state index in [0.717, 1.165) is 11.0 Å². The molecule has 6 nitrogen and oxygen atoms in total. The Kier molecular flexibility index (Phi) is 3.26. The molecule has 1 aromatic carbocycles. The quantitative estimate of drug-likeness (QED) is 0.645. The van der Waals surface area contributed by atoms with Crippen molar-refractivity contribution in [2.45, 2.75) is 6.92 Å². The highest BCUT2D eigenvalue weighted by atomic mass is 32.1. The van der Waals surface area contributed by atoms with Crippen LogP contribution >= 0.6 is 11.3 Å². The lowest BCUT2D eigenvalue weighted by Gasteiger charge is -2.02. The first-order valence-corrected chi connectivity index (χ1v) is 7.23. The van der Waals surface area contributed by atoms with E-state index < -0.39 is 5.97 Å². The standard InChI is InChI=1S/C14H14N4O2S/c1-2-20-14(19)9-10(15)11(21-12(9)16)13-17-7-5-3-4-6-8(7)18-13/h3-6H,2,15-16H2,1H3,(H,17,18). The number of nitrogens with zero attached hydrogens (tertiary/aromatic N) is 1. The van der Waals surface area contributed by atoms with Crippen molar-refractivity contribution in [1.82, 2.24) is 9.97 Å². The third-order valence-electron chi connectivity index (χ3n) is 3.06. The number of para-hydroxylation sites is 2. The van der Waals surface area contributed by atoms with Crippen LogP contribution < -0.4 is 11.5 Å². The highest BCUT2D eigenvalue weighted by Gasteiger charge is 2.23. The second-order valence-corrected chi connectivity index (χ2v) is 5.46. The topological polar surface area (TPSA) is 107 Å². The number of rotatable bonds is 3. The number of nitrogens with one attached hydrogen (secondary N) is 1. The summed E-state index contributed by atoms with van der Waals surface area (Å²) < 4.78 is 4.97. The Balaban J connectivity index is 2.10. The van der Waals surface area contributed by atoms with Gasteiger partial charge in [0.15, 0.2) is 5.82 Å². The van der Waals surface area contributed by atoms with Gasteiger partial charge in [0.2, 0.25) is 0 Å². The Hall–Kier alpha value is -2.54. The monoisotopic (exact) mass is 302 g/mol. The van der Waals surface area contributed by atoms with Gasteiger partial charge in [0.25, 0.3) is 0 Å². The van der Waals surface area contributed by atoms with E-state index in [0.29, 0.717) is 21.4 Å². The van der Waals surface area contributed by atoms with Crippen LogP contribution in [0.25, 0.3) is 21.7 Å². The van der Waals surface area contributed by atoms with Crippen LogP contribution in [-0.4, -0.2) is 22.5 Å². The Labute approximate surface area is 124 Å². The normalized spacial score (nSPS) is 10.9. The predicted molar refractivity (Wildman–Crippen MR) is 84.2 cm³/mol. The van der Waals surface area contributed by atoms with Gasteiger partial charge in [-0.05, 0) is 19.1 Å². The Morgan fingerprint density at radius 3 is 2.86 bits per heavy atom. The van der Waals surface area contributed by atoms with Crippen LogP contribution in [0.2, 0.25) is 0 Å². The van der Waals surface area contributed by atoms with Gasteiger partial charge in [-0.3, -0.25) is 0 Å². The van der Waals surface area contributed by atoms with Crippen LogP contribution in [0.4, 0.5) is 10.7 Å². The Morgan fingerprint density at radius 2 is 2.14 bits per heavy atom. The number of hydrogen-bond acceptors (Lipinski definition) is 6. The number of aromatic nitrogens is 2. The summed E-state index contributed by atoms with van der Waals surface area (Å²) in [4.78, 5) is 20.2. The maximum Gasteiger partial charge on any atom is 0.343 e. The van der Waals surface area contributed by atoms with Crippen molar-refractivity contribution in [3.05, 3.63) is 29.8 Å². The van der Waals surface area contributed by atoms with Crippen LogP contribution in [0.1, 0.15) is 17.3 Å². The molecule has 0 bridgehead atoms. The van der Waals surface area contributed by atoms with Gasteiger partial charge in [-0.1, -0.05) is 12.1 Å². The zero-order chi connectivity index (χ0) is 15.0. The number of carbonyl (C=O) groups excluding carboxylic acids is 1. The van der Waals surface area contributed by atoms with Gasteiger partial charge in [0, 0.05) is 0 Å². The van der Waals surface area contributed by atoms with Gasteiger partial charge in [-0.25, -0.2) is 9.78 Å². The largest absolute Gasteiger partial charge is 0.462 e. The maximum atomic E-state index is 11.9. The van der Waals surface area contributed by atoms with Gasteiger partial charge in [-0.15, -0.1) is 11.3 Å². The molecule has 0 amide bonds. The van der Waals surface area contributed by atoms with Crippen molar-refractivity contribution in [2.75, 3.05) is 18.1 Å². The number of H-pyrrole nitrogens is 1. The minimum Gasteiger partial charge on any atom is -0.462 e. The lowest BCUT2D eigenvalue weighted by molar-refractivity contribution is 0.0529. The molecule has 0 saturated carbocycles. The minimum atomic E-state index is -0.508. The predicted octanol–water partition coefficient (Wildman–Crippen LogP) is 2.63. The van der Waals surface area contributed by atoms with Crippen LogP contribution in [0.15, 0.2) is 24.3 Å². The second kappa shape index (κ2) is 5.10. The summed E-state index contributed by atoms with van der Waals surface area (Å²) >= 11 is 1.22. The summed E-state index contributed by atoms with van der Waals surface area (Å²) in [7, 11) is 0. The minimum absolute atomic E-state index is 0.220. The molecule has 2 heterocycles. The summed E-state index contributed by atoms with van der Waals surface area (Å²) in [6, 6.07) is 7.64. The number of thiophene rings is 1. The third-order valence-corrected chi connectivity index (χ3v) is 4.10. The number of carbonyl (C=O) groups is 1. The molecule has 0 spiro atoms. The van der Waals surface area contributed by atoms with Gasteiger partial charge in [0.1, 0.15) is 10.6 Å². The van der Waals surface area contributed by atoms with Crippen molar-refractivity contribution >= 4 is 39.0 Å². The van der Waals surface area contributed by atoms with E-state index in [1.807, 2.05) is 24.3 Å². The highest BCUT2D eigenvalue weighted by Crippen LogP contribution is 2.40. The Bertz CT molecular complexity index is 789. The molecule has 0 atom stereocenters. The fourth-order valence-electron chi connectivity index (χ4n) is 2.11. The Morgan fingerprint density at radius 1 is 1.38 bits per heavy atom. The van der Waals surface area contributed by atoms with Crippen molar-refractivity contribution in [1.29, 1.82) is 0 Å². The molecule has 0 saturated heterocycles. The summed E-state index contributed by atoms with van der Waals surface area (Å²) in [6.07, 6.45) is 0. The first-order valence-electron chi connectivity index (χ1n) is 6.41. The smallest absolute Gasteiger partial charge is 0.343 e. The van der Waals surface area contributed by atoms with Crippen LogP contribution in [-0.2, 0) is 4.74 Å². The van der Waals surface area contributed by atoms with E-state index >= 15 is 0 Å². The van der Waals surface area contributed by atoms with Crippen molar-refractivity contribution in [3.8, 4) is 10.7 Å². The summed E-state index contributed by atoms with van der Waals surface area (Å²) in [5, 5.41) is 0.335. The molecular weight excluding hydrogens is 288 g/mol. The molecule has 2 aromatic heterocycles. The number of fused-ring (bicyclic) bond motifs is 1. The number of esters is 1. The fourth-order valence-corrected chi connectivity index (χ4v) is 3.03. The number of benzene rings is 1. The van der Waals surface area contributed by atoms with E-state index in [9.17, 15) is 4.79 Å². The summed E-state index contributed by atoms with van der Waals surface area (Å²) in [6.45, 7) is 2.00. The zero-order valence-electron chi connectivity index (χ0n) is 11.3.